The molecule has 0 bridgehead atoms. The fourth-order valence-electron chi connectivity index (χ4n) is 2.41. The highest BCUT2D eigenvalue weighted by atomic mass is 32.2. The number of rotatable bonds is 7. The highest BCUT2D eigenvalue weighted by molar-refractivity contribution is 8.00. The Hall–Kier alpha value is -2.74. The molecule has 136 valence electrons. The van der Waals surface area contributed by atoms with Crippen molar-refractivity contribution >= 4 is 17.7 Å². The molecule has 3 rings (SSSR count). The number of hydrogen-bond donors (Lipinski definition) is 0. The first-order valence-corrected chi connectivity index (χ1v) is 8.99. The lowest BCUT2D eigenvalue weighted by molar-refractivity contribution is -0.142. The van der Waals surface area contributed by atoms with E-state index in [0.29, 0.717) is 29.1 Å². The van der Waals surface area contributed by atoms with E-state index in [2.05, 4.69) is 10.2 Å². The molecule has 0 aliphatic heterocycles. The number of thioether (sulfide) groups is 1. The maximum absolute atomic E-state index is 12.0. The van der Waals surface area contributed by atoms with Crippen molar-refractivity contribution < 1.29 is 18.7 Å². The Morgan fingerprint density at radius 3 is 2.77 bits per heavy atom. The molecule has 0 fully saturated rings. The molecule has 2 aromatic heterocycles. The number of carbonyl (C=O) groups is 1. The Morgan fingerprint density at radius 2 is 2.08 bits per heavy atom. The molecule has 0 aliphatic rings. The van der Waals surface area contributed by atoms with Gasteiger partial charge in [-0.15, -0.1) is 10.2 Å². The van der Waals surface area contributed by atoms with Gasteiger partial charge in [0.05, 0.1) is 25.7 Å². The van der Waals surface area contributed by atoms with Crippen LogP contribution in [0.2, 0.25) is 0 Å². The Labute approximate surface area is 155 Å². The summed E-state index contributed by atoms with van der Waals surface area (Å²) in [5.74, 6) is 1.45. The van der Waals surface area contributed by atoms with E-state index in [1.54, 1.807) is 39.4 Å². The largest absolute Gasteiger partial charge is 0.495 e. The van der Waals surface area contributed by atoms with Gasteiger partial charge < -0.3 is 13.9 Å². The maximum Gasteiger partial charge on any atom is 0.319 e. The fraction of sp³-hybridized carbons (Fsp3) is 0.278. The molecule has 0 unspecified atom stereocenters. The number of hydrogen-bond acceptors (Lipinski definition) is 7. The van der Waals surface area contributed by atoms with E-state index in [1.165, 1.54) is 11.8 Å². The summed E-state index contributed by atoms with van der Waals surface area (Å²) >= 11 is 1.27. The number of benzene rings is 1. The van der Waals surface area contributed by atoms with Crippen molar-refractivity contribution in [1.82, 2.24) is 14.8 Å². The van der Waals surface area contributed by atoms with Crippen molar-refractivity contribution in [2.24, 2.45) is 0 Å². The van der Waals surface area contributed by atoms with Crippen LogP contribution in [-0.2, 0) is 9.53 Å². The minimum Gasteiger partial charge on any atom is -0.495 e. The first-order valence-electron chi connectivity index (χ1n) is 8.11. The summed E-state index contributed by atoms with van der Waals surface area (Å²) in [5.41, 5.74) is 0.755. The highest BCUT2D eigenvalue weighted by Gasteiger charge is 2.24. The van der Waals surface area contributed by atoms with Crippen LogP contribution in [0.4, 0.5) is 0 Å². The lowest BCUT2D eigenvalue weighted by atomic mass is 10.3. The van der Waals surface area contributed by atoms with Crippen molar-refractivity contribution in [3.8, 4) is 23.0 Å². The molecule has 1 atom stereocenters. The standard InChI is InChI=1S/C18H19N3O4S/c1-4-24-17(22)12(2)26-18-20-19-16(15-10-7-11-25-15)21(18)13-8-5-6-9-14(13)23-3/h5-12H,4H2,1-3H3/t12-/m1/s1. The van der Waals surface area contributed by atoms with E-state index in [9.17, 15) is 4.79 Å². The highest BCUT2D eigenvalue weighted by Crippen LogP contribution is 2.34. The normalized spacial score (nSPS) is 12.0. The number of ether oxygens (including phenoxy) is 2. The monoisotopic (exact) mass is 373 g/mol. The van der Waals surface area contributed by atoms with E-state index in [-0.39, 0.29) is 5.97 Å². The Kier molecular flexibility index (Phi) is 5.62. The second-order valence-electron chi connectivity index (χ2n) is 5.30. The molecule has 0 spiro atoms. The van der Waals surface area contributed by atoms with Crippen molar-refractivity contribution in [2.75, 3.05) is 13.7 Å². The molecule has 1 aromatic carbocycles. The maximum atomic E-state index is 12.0. The van der Waals surface area contributed by atoms with Crippen molar-refractivity contribution in [2.45, 2.75) is 24.3 Å². The van der Waals surface area contributed by atoms with Crippen molar-refractivity contribution in [1.29, 1.82) is 0 Å². The molecular formula is C18H19N3O4S. The summed E-state index contributed by atoms with van der Waals surface area (Å²) in [4.78, 5) is 12.0. The van der Waals surface area contributed by atoms with Crippen LogP contribution in [0, 0.1) is 0 Å². The van der Waals surface area contributed by atoms with Crippen LogP contribution in [0.5, 0.6) is 5.75 Å². The van der Waals surface area contributed by atoms with Crippen molar-refractivity contribution in [3.63, 3.8) is 0 Å². The van der Waals surface area contributed by atoms with Crippen molar-refractivity contribution in [3.05, 3.63) is 42.7 Å². The molecular weight excluding hydrogens is 354 g/mol. The third-order valence-corrected chi connectivity index (χ3v) is 4.62. The van der Waals surface area contributed by atoms with E-state index in [4.69, 9.17) is 13.9 Å². The van der Waals surface area contributed by atoms with Gasteiger partial charge in [0.1, 0.15) is 11.0 Å². The fourth-order valence-corrected chi connectivity index (χ4v) is 3.27. The number of carbonyl (C=O) groups excluding carboxylic acids is 1. The third-order valence-electron chi connectivity index (χ3n) is 3.60. The SMILES string of the molecule is CCOC(=O)[C@@H](C)Sc1nnc(-c2ccco2)n1-c1ccccc1OC. The van der Waals surface area contributed by atoms with Gasteiger partial charge in [-0.05, 0) is 38.1 Å². The van der Waals surface area contributed by atoms with Crippen LogP contribution >= 0.6 is 11.8 Å². The zero-order valence-electron chi connectivity index (χ0n) is 14.7. The van der Waals surface area contributed by atoms with Crippen LogP contribution < -0.4 is 4.74 Å². The van der Waals surface area contributed by atoms with Crippen LogP contribution in [-0.4, -0.2) is 39.7 Å². The van der Waals surface area contributed by atoms with Crippen LogP contribution in [0.1, 0.15) is 13.8 Å². The zero-order valence-corrected chi connectivity index (χ0v) is 15.5. The lowest BCUT2D eigenvalue weighted by Gasteiger charge is -2.14. The van der Waals surface area contributed by atoms with Gasteiger partial charge in [0, 0.05) is 0 Å². The number of methoxy groups -OCH3 is 1. The minimum absolute atomic E-state index is 0.299. The Balaban J connectivity index is 2.07. The molecule has 0 saturated heterocycles. The topological polar surface area (TPSA) is 79.4 Å². The molecule has 0 amide bonds. The number of esters is 1. The van der Waals surface area contributed by atoms with Crippen LogP contribution in [0.3, 0.4) is 0 Å². The third kappa shape index (κ3) is 3.60. The summed E-state index contributed by atoms with van der Waals surface area (Å²) < 4.78 is 17.9. The second-order valence-corrected chi connectivity index (χ2v) is 6.61. The lowest BCUT2D eigenvalue weighted by Crippen LogP contribution is -2.17. The quantitative estimate of drug-likeness (QED) is 0.462. The predicted molar refractivity (Wildman–Crippen MR) is 97.6 cm³/mol. The zero-order chi connectivity index (χ0) is 18.5. The minimum atomic E-state index is -0.433. The predicted octanol–water partition coefficient (Wildman–Crippen LogP) is 3.58. The van der Waals surface area contributed by atoms with Gasteiger partial charge in [-0.3, -0.25) is 9.36 Å². The van der Waals surface area contributed by atoms with Gasteiger partial charge in [0.25, 0.3) is 0 Å². The molecule has 26 heavy (non-hydrogen) atoms. The summed E-state index contributed by atoms with van der Waals surface area (Å²) in [7, 11) is 1.60. The molecule has 2 heterocycles. The summed E-state index contributed by atoms with van der Waals surface area (Å²) in [6.45, 7) is 3.89. The number of nitrogens with zero attached hydrogens (tertiary/aromatic N) is 3. The first kappa shape index (κ1) is 18.1. The Bertz CT molecular complexity index is 876. The van der Waals surface area contributed by atoms with E-state index >= 15 is 0 Å². The summed E-state index contributed by atoms with van der Waals surface area (Å²) in [6, 6.07) is 11.1. The van der Waals surface area contributed by atoms with Gasteiger partial charge in [0.15, 0.2) is 10.9 Å². The molecule has 0 radical (unpaired) electrons. The van der Waals surface area contributed by atoms with Gasteiger partial charge in [-0.2, -0.15) is 0 Å². The van der Waals surface area contributed by atoms with Gasteiger partial charge >= 0.3 is 5.97 Å². The van der Waals surface area contributed by atoms with E-state index in [0.717, 1.165) is 5.69 Å². The smallest absolute Gasteiger partial charge is 0.319 e. The average molecular weight is 373 g/mol. The molecule has 0 saturated carbocycles. The molecule has 7 nitrogen and oxygen atoms in total. The number of para-hydroxylation sites is 2. The second kappa shape index (κ2) is 8.09. The molecule has 0 N–H and O–H groups in total. The molecule has 0 aliphatic carbocycles. The summed E-state index contributed by atoms with van der Waals surface area (Å²) in [6.07, 6.45) is 1.57. The number of furan rings is 1. The number of aromatic nitrogens is 3. The average Bonchev–Trinajstić information content (AvgIpc) is 3.31. The molecule has 8 heteroatoms. The van der Waals surface area contributed by atoms with Gasteiger partial charge in [0.2, 0.25) is 5.82 Å². The van der Waals surface area contributed by atoms with Crippen LogP contribution in [0.25, 0.3) is 17.3 Å². The van der Waals surface area contributed by atoms with E-state index in [1.807, 2.05) is 28.8 Å². The summed E-state index contributed by atoms with van der Waals surface area (Å²) in [5, 5.41) is 8.63. The molecule has 3 aromatic rings. The first-order chi connectivity index (χ1) is 12.7. The van der Waals surface area contributed by atoms with Gasteiger partial charge in [-0.25, -0.2) is 0 Å². The van der Waals surface area contributed by atoms with E-state index < -0.39 is 5.25 Å². The van der Waals surface area contributed by atoms with Gasteiger partial charge in [-0.1, -0.05) is 23.9 Å². The van der Waals surface area contributed by atoms with Crippen LogP contribution in [0.15, 0.2) is 52.2 Å². The Morgan fingerprint density at radius 1 is 1.27 bits per heavy atom.